The molecular weight excluding hydrogens is 552 g/mol. The monoisotopic (exact) mass is 568 g/mol. The van der Waals surface area contributed by atoms with Crippen LogP contribution in [0.1, 0.15) is 21.5 Å². The van der Waals surface area contributed by atoms with E-state index in [4.69, 9.17) is 4.74 Å². The fourth-order valence-electron chi connectivity index (χ4n) is 2.85. The van der Waals surface area contributed by atoms with Crippen molar-refractivity contribution in [3.8, 4) is 11.8 Å². The van der Waals surface area contributed by atoms with Gasteiger partial charge in [-0.05, 0) is 85.5 Å². The summed E-state index contributed by atoms with van der Waals surface area (Å²) in [5, 5.41) is 12.1. The summed E-state index contributed by atoms with van der Waals surface area (Å²) in [6, 6.07) is 21.4. The first-order valence-corrected chi connectivity index (χ1v) is 11.3. The highest BCUT2D eigenvalue weighted by molar-refractivity contribution is 9.11. The number of ether oxygens (including phenoxy) is 2. The number of benzene rings is 3. The van der Waals surface area contributed by atoms with Crippen molar-refractivity contribution in [2.24, 2.45) is 0 Å². The van der Waals surface area contributed by atoms with E-state index in [-0.39, 0.29) is 5.57 Å². The number of halogens is 2. The van der Waals surface area contributed by atoms with Gasteiger partial charge >= 0.3 is 5.97 Å². The second-order valence-corrected chi connectivity index (χ2v) is 8.49. The molecule has 166 valence electrons. The van der Waals surface area contributed by atoms with Crippen molar-refractivity contribution in [3.05, 3.63) is 97.9 Å². The number of hydrogen-bond donors (Lipinski definition) is 1. The Bertz CT molecular complexity index is 1210. The van der Waals surface area contributed by atoms with Gasteiger partial charge in [-0.3, -0.25) is 4.79 Å². The summed E-state index contributed by atoms with van der Waals surface area (Å²) in [6.07, 6.45) is 1.48. The Labute approximate surface area is 208 Å². The lowest BCUT2D eigenvalue weighted by Gasteiger charge is -2.12. The normalized spacial score (nSPS) is 10.8. The van der Waals surface area contributed by atoms with Gasteiger partial charge in [0.1, 0.15) is 24.0 Å². The van der Waals surface area contributed by atoms with Crippen LogP contribution in [0.2, 0.25) is 0 Å². The Morgan fingerprint density at radius 3 is 2.24 bits per heavy atom. The van der Waals surface area contributed by atoms with Crippen molar-refractivity contribution in [1.29, 1.82) is 5.26 Å². The van der Waals surface area contributed by atoms with Crippen LogP contribution in [-0.2, 0) is 16.1 Å². The third kappa shape index (κ3) is 6.54. The second kappa shape index (κ2) is 11.5. The van der Waals surface area contributed by atoms with Gasteiger partial charge in [0, 0.05) is 5.69 Å². The van der Waals surface area contributed by atoms with Crippen LogP contribution in [0.4, 0.5) is 5.69 Å². The minimum absolute atomic E-state index is 0.0798. The van der Waals surface area contributed by atoms with E-state index in [1.807, 2.05) is 36.4 Å². The first-order valence-electron chi connectivity index (χ1n) is 9.68. The predicted octanol–water partition coefficient (Wildman–Crippen LogP) is 6.12. The maximum atomic E-state index is 12.6. The van der Waals surface area contributed by atoms with Crippen molar-refractivity contribution < 1.29 is 19.1 Å². The molecule has 0 aromatic heterocycles. The van der Waals surface area contributed by atoms with Crippen LogP contribution in [0, 0.1) is 11.3 Å². The van der Waals surface area contributed by atoms with Crippen molar-refractivity contribution in [3.63, 3.8) is 0 Å². The van der Waals surface area contributed by atoms with Crippen LogP contribution in [-0.4, -0.2) is 19.0 Å². The number of carbonyl (C=O) groups is 2. The molecule has 0 heterocycles. The van der Waals surface area contributed by atoms with E-state index < -0.39 is 11.9 Å². The zero-order chi connectivity index (χ0) is 23.8. The molecule has 6 nitrogen and oxygen atoms in total. The van der Waals surface area contributed by atoms with Crippen molar-refractivity contribution in [1.82, 2.24) is 0 Å². The highest BCUT2D eigenvalue weighted by atomic mass is 79.9. The fourth-order valence-corrected chi connectivity index (χ4v) is 4.30. The summed E-state index contributed by atoms with van der Waals surface area (Å²) >= 11 is 6.99. The lowest BCUT2D eigenvalue weighted by Crippen LogP contribution is -2.13. The van der Waals surface area contributed by atoms with Crippen molar-refractivity contribution in [2.75, 3.05) is 12.4 Å². The molecule has 0 spiro atoms. The van der Waals surface area contributed by atoms with Gasteiger partial charge in [-0.2, -0.15) is 5.26 Å². The van der Waals surface area contributed by atoms with Gasteiger partial charge in [0.2, 0.25) is 0 Å². The third-order valence-electron chi connectivity index (χ3n) is 4.49. The quantitative estimate of drug-likeness (QED) is 0.210. The van der Waals surface area contributed by atoms with E-state index in [0.29, 0.717) is 38.1 Å². The Kier molecular flexibility index (Phi) is 8.41. The molecule has 1 amide bonds. The molecule has 0 atom stereocenters. The maximum absolute atomic E-state index is 12.6. The lowest BCUT2D eigenvalue weighted by molar-refractivity contribution is -0.112. The Morgan fingerprint density at radius 1 is 1.03 bits per heavy atom. The summed E-state index contributed by atoms with van der Waals surface area (Å²) in [4.78, 5) is 24.1. The summed E-state index contributed by atoms with van der Waals surface area (Å²) in [7, 11) is 1.29. The van der Waals surface area contributed by atoms with Gasteiger partial charge in [0.15, 0.2) is 0 Å². The molecule has 0 radical (unpaired) electrons. The number of methoxy groups -OCH3 is 1. The molecule has 3 aromatic rings. The van der Waals surface area contributed by atoms with Crippen LogP contribution < -0.4 is 10.1 Å². The SMILES string of the molecule is COC(=O)c1ccc(NC(=O)/C(C#N)=C/c2cc(Br)c(OCc3ccccc3)c(Br)c2)cc1. The third-order valence-corrected chi connectivity index (χ3v) is 5.66. The number of anilines is 1. The largest absolute Gasteiger partial charge is 0.487 e. The summed E-state index contributed by atoms with van der Waals surface area (Å²) < 4.78 is 11.9. The molecule has 33 heavy (non-hydrogen) atoms. The van der Waals surface area contributed by atoms with Gasteiger partial charge in [0.05, 0.1) is 21.6 Å². The van der Waals surface area contributed by atoms with E-state index in [1.54, 1.807) is 24.3 Å². The lowest BCUT2D eigenvalue weighted by atomic mass is 10.1. The molecule has 0 saturated carbocycles. The molecule has 8 heteroatoms. The van der Waals surface area contributed by atoms with E-state index in [1.165, 1.54) is 25.3 Å². The zero-order valence-electron chi connectivity index (χ0n) is 17.5. The number of nitrogens with one attached hydrogen (secondary N) is 1. The molecule has 0 aliphatic heterocycles. The van der Waals surface area contributed by atoms with Gasteiger partial charge in [-0.15, -0.1) is 0 Å². The number of nitriles is 1. The number of nitrogens with zero attached hydrogens (tertiary/aromatic N) is 1. The number of amides is 1. The zero-order valence-corrected chi connectivity index (χ0v) is 20.6. The Morgan fingerprint density at radius 2 is 1.67 bits per heavy atom. The number of hydrogen-bond acceptors (Lipinski definition) is 5. The fraction of sp³-hybridized carbons (Fsp3) is 0.0800. The van der Waals surface area contributed by atoms with Gasteiger partial charge in [0.25, 0.3) is 5.91 Å². The van der Waals surface area contributed by atoms with Crippen LogP contribution in [0.3, 0.4) is 0 Å². The highest BCUT2D eigenvalue weighted by Gasteiger charge is 2.13. The molecular formula is C25H18Br2N2O4. The molecule has 0 aliphatic carbocycles. The topological polar surface area (TPSA) is 88.4 Å². The molecule has 0 fully saturated rings. The smallest absolute Gasteiger partial charge is 0.337 e. The molecule has 0 saturated heterocycles. The Balaban J connectivity index is 1.74. The molecule has 3 rings (SSSR count). The predicted molar refractivity (Wildman–Crippen MR) is 133 cm³/mol. The first kappa shape index (κ1) is 24.2. The average molecular weight is 570 g/mol. The van der Waals surface area contributed by atoms with Gasteiger partial charge in [-0.1, -0.05) is 30.3 Å². The van der Waals surface area contributed by atoms with Crippen LogP contribution >= 0.6 is 31.9 Å². The average Bonchev–Trinajstić information content (AvgIpc) is 2.82. The molecule has 1 N–H and O–H groups in total. The number of carbonyl (C=O) groups excluding carboxylic acids is 2. The van der Waals surface area contributed by atoms with Gasteiger partial charge in [-0.25, -0.2) is 4.79 Å². The van der Waals surface area contributed by atoms with Crippen molar-refractivity contribution in [2.45, 2.75) is 6.61 Å². The summed E-state index contributed by atoms with van der Waals surface area (Å²) in [5.41, 5.74) is 2.39. The van der Waals surface area contributed by atoms with E-state index in [0.717, 1.165) is 5.56 Å². The molecule has 0 aliphatic rings. The maximum Gasteiger partial charge on any atom is 0.337 e. The minimum Gasteiger partial charge on any atom is -0.487 e. The van der Waals surface area contributed by atoms with Crippen molar-refractivity contribution >= 4 is 55.5 Å². The van der Waals surface area contributed by atoms with E-state index >= 15 is 0 Å². The highest BCUT2D eigenvalue weighted by Crippen LogP contribution is 2.36. The van der Waals surface area contributed by atoms with Crippen LogP contribution in [0.5, 0.6) is 5.75 Å². The number of rotatable bonds is 7. The number of esters is 1. The first-order chi connectivity index (χ1) is 15.9. The summed E-state index contributed by atoms with van der Waals surface area (Å²) in [6.45, 7) is 0.397. The second-order valence-electron chi connectivity index (χ2n) is 6.78. The Hall–Kier alpha value is -3.41. The van der Waals surface area contributed by atoms with E-state index in [9.17, 15) is 14.9 Å². The minimum atomic E-state index is -0.569. The molecule has 0 bridgehead atoms. The van der Waals surface area contributed by atoms with E-state index in [2.05, 4.69) is 41.9 Å². The standard InChI is InChI=1S/C25H18Br2N2O4/c1-32-25(31)18-7-9-20(10-8-18)29-24(30)19(14-28)11-17-12-21(26)23(22(27)13-17)33-15-16-5-3-2-4-6-16/h2-13H,15H2,1H3,(H,29,30)/b19-11+. The molecule has 3 aromatic carbocycles. The van der Waals surface area contributed by atoms with Gasteiger partial charge < -0.3 is 14.8 Å². The van der Waals surface area contributed by atoms with Crippen LogP contribution in [0.15, 0.2) is 81.2 Å². The molecule has 0 unspecified atom stereocenters. The van der Waals surface area contributed by atoms with Crippen LogP contribution in [0.25, 0.3) is 6.08 Å². The summed E-state index contributed by atoms with van der Waals surface area (Å²) in [5.74, 6) is -0.428.